The lowest BCUT2D eigenvalue weighted by Gasteiger charge is -2.38. The molecule has 1 fully saturated rings. The molecule has 5 rings (SSSR count). The normalized spacial score (nSPS) is 24.9. The van der Waals surface area contributed by atoms with Crippen LogP contribution in [0.3, 0.4) is 0 Å². The number of anilines is 1. The molecule has 0 bridgehead atoms. The maximum Gasteiger partial charge on any atom is 0.417 e. The van der Waals surface area contributed by atoms with Crippen LogP contribution in [0.15, 0.2) is 70.7 Å². The van der Waals surface area contributed by atoms with Gasteiger partial charge in [0.05, 0.1) is 24.4 Å². The van der Waals surface area contributed by atoms with Gasteiger partial charge in [0, 0.05) is 12.6 Å². The Morgan fingerprint density at radius 1 is 0.957 bits per heavy atom. The van der Waals surface area contributed by atoms with Gasteiger partial charge >= 0.3 is 18.0 Å². The Labute approximate surface area is 265 Å². The lowest BCUT2D eigenvalue weighted by molar-refractivity contribution is -0.181. The van der Waals surface area contributed by atoms with Gasteiger partial charge < -0.3 is 74.2 Å². The van der Waals surface area contributed by atoms with E-state index in [1.807, 2.05) is 0 Å². The molecule has 0 radical (unpaired) electrons. The predicted octanol–water partition coefficient (Wildman–Crippen LogP) is 3.31. The summed E-state index contributed by atoms with van der Waals surface area (Å²) in [5.74, 6) is -10.1. The fourth-order valence-electron chi connectivity index (χ4n) is 5.08. The second kappa shape index (κ2) is 11.6. The maximum absolute atomic E-state index is 14.1. The summed E-state index contributed by atoms with van der Waals surface area (Å²) in [6.07, 6.45) is -6.84. The molecule has 4 aliphatic heterocycles. The minimum Gasteiger partial charge on any atom is -0.503 e. The summed E-state index contributed by atoms with van der Waals surface area (Å²) in [6.45, 7) is 8.65. The van der Waals surface area contributed by atoms with Crippen LogP contribution in [-0.2, 0) is 18.9 Å². The molecule has 0 aliphatic carbocycles. The number of carbonyl (C=O) groups is 2. The molecule has 0 aromatic heterocycles. The Bertz CT molecular complexity index is 1670. The number of carbonyl (C=O) groups excluding carboxylic acids is 2. The zero-order valence-corrected chi connectivity index (χ0v) is 25.3. The lowest BCUT2D eigenvalue weighted by atomic mass is 10.1. The third-order valence-electron chi connectivity index (χ3n) is 7.19. The van der Waals surface area contributed by atoms with E-state index in [1.165, 1.54) is 18.1 Å². The van der Waals surface area contributed by atoms with E-state index >= 15 is 0 Å². The van der Waals surface area contributed by atoms with E-state index in [9.17, 15) is 50.4 Å². The summed E-state index contributed by atoms with van der Waals surface area (Å²) in [4.78, 5) is 30.3. The molecule has 18 heteroatoms. The number of aliphatic hydroxyl groups is 8. The van der Waals surface area contributed by atoms with Crippen molar-refractivity contribution in [1.82, 2.24) is 4.90 Å². The molecule has 18 nitrogen and oxygen atoms in total. The van der Waals surface area contributed by atoms with Crippen LogP contribution in [0.2, 0.25) is 0 Å². The Morgan fingerprint density at radius 2 is 1.62 bits per heavy atom. The van der Waals surface area contributed by atoms with Crippen LogP contribution < -0.4 is 14.4 Å². The molecule has 1 saturated heterocycles. The maximum atomic E-state index is 14.1. The summed E-state index contributed by atoms with van der Waals surface area (Å²) >= 11 is 0. The van der Waals surface area contributed by atoms with Crippen LogP contribution in [0, 0.1) is 0 Å². The highest BCUT2D eigenvalue weighted by molar-refractivity contribution is 6.06. The minimum absolute atomic E-state index is 0.00233. The largest absolute Gasteiger partial charge is 0.503 e. The van der Waals surface area contributed by atoms with Crippen molar-refractivity contribution in [2.75, 3.05) is 18.6 Å². The van der Waals surface area contributed by atoms with Gasteiger partial charge in [-0.05, 0) is 33.3 Å². The van der Waals surface area contributed by atoms with E-state index in [4.69, 9.17) is 28.4 Å². The van der Waals surface area contributed by atoms with Crippen molar-refractivity contribution in [2.45, 2.75) is 57.6 Å². The Morgan fingerprint density at radius 3 is 2.26 bits per heavy atom. The van der Waals surface area contributed by atoms with Gasteiger partial charge in [-0.2, -0.15) is 0 Å². The van der Waals surface area contributed by atoms with Crippen molar-refractivity contribution in [3.63, 3.8) is 0 Å². The molecule has 8 N–H and O–H groups in total. The Kier molecular flexibility index (Phi) is 8.11. The second-order valence-corrected chi connectivity index (χ2v) is 11.6. The zero-order valence-electron chi connectivity index (χ0n) is 25.3. The van der Waals surface area contributed by atoms with Gasteiger partial charge in [-0.15, -0.1) is 0 Å². The van der Waals surface area contributed by atoms with Gasteiger partial charge in [-0.1, -0.05) is 12.2 Å². The number of rotatable bonds is 5. The number of nitrogens with zero attached hydrogens (tertiary/aromatic N) is 2. The van der Waals surface area contributed by atoms with Crippen molar-refractivity contribution >= 4 is 17.7 Å². The average Bonchev–Trinajstić information content (AvgIpc) is 3.36. The van der Waals surface area contributed by atoms with E-state index in [1.54, 1.807) is 20.8 Å². The summed E-state index contributed by atoms with van der Waals surface area (Å²) < 4.78 is 32.6. The molecule has 47 heavy (non-hydrogen) atoms. The molecular formula is C29H32N2O16. The summed E-state index contributed by atoms with van der Waals surface area (Å²) in [7, 11) is 1.21. The number of benzene rings is 1. The van der Waals surface area contributed by atoms with Crippen LogP contribution >= 0.6 is 0 Å². The van der Waals surface area contributed by atoms with Crippen LogP contribution in [0.5, 0.6) is 11.5 Å². The SMILES string of the molecule is C=C1C[C@H]2[C@H](OC3OC(O)=C(O)C(O)=C3O)N(C(=O)OC(C)(C)C)c3cc(OC4=C(O)C(O)=C(O)C(O)O4)c(OC)cc3C(=O)N2C1. The van der Waals surface area contributed by atoms with Crippen LogP contribution in [-0.4, -0.2) is 102 Å². The van der Waals surface area contributed by atoms with Crippen LogP contribution in [0.25, 0.3) is 0 Å². The molecular weight excluding hydrogens is 632 g/mol. The van der Waals surface area contributed by atoms with Crippen molar-refractivity contribution in [3.05, 3.63) is 76.3 Å². The number of methoxy groups -OCH3 is 1. The molecule has 4 atom stereocenters. The third kappa shape index (κ3) is 5.79. The van der Waals surface area contributed by atoms with Crippen LogP contribution in [0.1, 0.15) is 37.6 Å². The molecule has 1 aromatic rings. The fraction of sp³-hybridized carbons (Fsp3) is 0.379. The van der Waals surface area contributed by atoms with Crippen molar-refractivity contribution in [1.29, 1.82) is 0 Å². The van der Waals surface area contributed by atoms with Crippen molar-refractivity contribution < 1.29 is 78.9 Å². The predicted molar refractivity (Wildman–Crippen MR) is 154 cm³/mol. The Balaban J connectivity index is 1.70. The number of aliphatic hydroxyl groups excluding tert-OH is 8. The molecule has 4 aliphatic rings. The first-order valence-corrected chi connectivity index (χ1v) is 13.8. The average molecular weight is 665 g/mol. The Hall–Kier alpha value is -5.62. The van der Waals surface area contributed by atoms with Gasteiger partial charge in [0.1, 0.15) is 5.60 Å². The first kappa shape index (κ1) is 32.8. The highest BCUT2D eigenvalue weighted by Crippen LogP contribution is 2.44. The molecule has 0 spiro atoms. The van der Waals surface area contributed by atoms with Crippen LogP contribution in [0.4, 0.5) is 10.5 Å². The van der Waals surface area contributed by atoms with Crippen molar-refractivity contribution in [2.24, 2.45) is 0 Å². The summed E-state index contributed by atoms with van der Waals surface area (Å²) in [5.41, 5.74) is -0.987. The standard InChI is InChI=1S/C29H32N2O16/c1-10-6-13-23(44-27-21(37)17(33)19(35)25(40)46-27)31(28(41)47-29(2,3)4)12-8-15(14(42-5)7-11(12)22(38)30(13)9-10)43-26-20(36)16(32)18(34)24(39)45-26/h7-8,13,23-24,27,32-37,39-40H,1,6,9H2,2-5H3/t13-,23-,24?,27?/m0/s1. The quantitative estimate of drug-likeness (QED) is 0.210. The van der Waals surface area contributed by atoms with Gasteiger partial charge in [-0.3, -0.25) is 4.79 Å². The number of hydrogen-bond donors (Lipinski definition) is 8. The second-order valence-electron chi connectivity index (χ2n) is 11.6. The first-order valence-electron chi connectivity index (χ1n) is 13.8. The third-order valence-corrected chi connectivity index (χ3v) is 7.19. The zero-order chi connectivity index (χ0) is 34.7. The van der Waals surface area contributed by atoms with Gasteiger partial charge in [0.2, 0.25) is 34.6 Å². The lowest BCUT2D eigenvalue weighted by Crippen LogP contribution is -2.55. The van der Waals surface area contributed by atoms with Gasteiger partial charge in [0.15, 0.2) is 17.7 Å². The fourth-order valence-corrected chi connectivity index (χ4v) is 5.08. The molecule has 2 amide bonds. The topological polar surface area (TPSA) is 258 Å². The van der Waals surface area contributed by atoms with E-state index in [2.05, 4.69) is 6.58 Å². The molecule has 254 valence electrons. The first-order chi connectivity index (χ1) is 21.9. The molecule has 4 heterocycles. The van der Waals surface area contributed by atoms with Gasteiger partial charge in [-0.25, -0.2) is 9.69 Å². The monoisotopic (exact) mass is 664 g/mol. The van der Waals surface area contributed by atoms with E-state index in [0.717, 1.165) is 11.0 Å². The highest BCUT2D eigenvalue weighted by Gasteiger charge is 2.50. The van der Waals surface area contributed by atoms with E-state index in [0.29, 0.717) is 5.57 Å². The highest BCUT2D eigenvalue weighted by atomic mass is 16.7. The number of amides is 2. The van der Waals surface area contributed by atoms with E-state index in [-0.39, 0.29) is 35.7 Å². The molecule has 1 aromatic carbocycles. The van der Waals surface area contributed by atoms with E-state index < -0.39 is 88.9 Å². The summed E-state index contributed by atoms with van der Waals surface area (Å²) in [6, 6.07) is 1.23. The molecule has 0 saturated carbocycles. The number of ether oxygens (including phenoxy) is 6. The smallest absolute Gasteiger partial charge is 0.417 e. The minimum atomic E-state index is -2.14. The number of fused-ring (bicyclic) bond motifs is 2. The summed E-state index contributed by atoms with van der Waals surface area (Å²) in [5, 5.41) is 80.5. The van der Waals surface area contributed by atoms with Crippen molar-refractivity contribution in [3.8, 4) is 11.5 Å². The molecule has 2 unspecified atom stereocenters. The number of hydrogen-bond acceptors (Lipinski definition) is 16. The van der Waals surface area contributed by atoms with Gasteiger partial charge in [0.25, 0.3) is 18.5 Å².